The van der Waals surface area contributed by atoms with E-state index in [0.717, 1.165) is 12.1 Å². The molecule has 1 aromatic heterocycles. The van der Waals surface area contributed by atoms with Gasteiger partial charge in [0.15, 0.2) is 0 Å². The highest BCUT2D eigenvalue weighted by Crippen LogP contribution is 2.32. The number of carbonyl (C=O) groups excluding carboxylic acids is 1. The molecule has 0 fully saturated rings. The van der Waals surface area contributed by atoms with E-state index in [9.17, 15) is 4.79 Å². The maximum absolute atomic E-state index is 12.6. The first-order valence-corrected chi connectivity index (χ1v) is 9.39. The van der Waals surface area contributed by atoms with Gasteiger partial charge in [0.25, 0.3) is 0 Å². The highest BCUT2D eigenvalue weighted by molar-refractivity contribution is 5.81. The van der Waals surface area contributed by atoms with Crippen LogP contribution in [-0.2, 0) is 11.2 Å². The quantitative estimate of drug-likeness (QED) is 0.763. The number of aromatic nitrogens is 1. The lowest BCUT2D eigenvalue weighted by molar-refractivity contribution is -0.127. The molecule has 26 heavy (non-hydrogen) atoms. The minimum absolute atomic E-state index is 0.104. The monoisotopic (exact) mass is 353 g/mol. The van der Waals surface area contributed by atoms with Crippen LogP contribution in [0, 0.1) is 0 Å². The summed E-state index contributed by atoms with van der Waals surface area (Å²) < 4.78 is 0. The molecule has 140 valence electrons. The van der Waals surface area contributed by atoms with E-state index in [-0.39, 0.29) is 5.91 Å². The summed E-state index contributed by atoms with van der Waals surface area (Å²) in [5.41, 5.74) is 4.85. The van der Waals surface area contributed by atoms with Crippen LogP contribution in [0.25, 0.3) is 0 Å². The van der Waals surface area contributed by atoms with Crippen molar-refractivity contribution in [2.75, 3.05) is 25.5 Å². The van der Waals surface area contributed by atoms with Gasteiger partial charge in [-0.2, -0.15) is 0 Å². The predicted molar refractivity (Wildman–Crippen MR) is 109 cm³/mol. The third-order valence-corrected chi connectivity index (χ3v) is 4.70. The van der Waals surface area contributed by atoms with Gasteiger partial charge in [0.1, 0.15) is 0 Å². The van der Waals surface area contributed by atoms with Crippen LogP contribution in [-0.4, -0.2) is 35.9 Å². The number of para-hydroxylation sites is 1. The maximum Gasteiger partial charge on any atom is 0.241 e. The van der Waals surface area contributed by atoms with Crippen LogP contribution in [0.3, 0.4) is 0 Å². The van der Waals surface area contributed by atoms with Gasteiger partial charge in [-0.25, -0.2) is 0 Å². The first-order chi connectivity index (χ1) is 12.4. The molecule has 0 spiro atoms. The fourth-order valence-corrected chi connectivity index (χ4v) is 3.03. The van der Waals surface area contributed by atoms with E-state index in [4.69, 9.17) is 0 Å². The lowest BCUT2D eigenvalue weighted by Crippen LogP contribution is -2.34. The number of likely N-dealkylation sites (N-methyl/N-ethyl adjacent to an activating group) is 1. The van der Waals surface area contributed by atoms with Gasteiger partial charge in [0, 0.05) is 31.7 Å². The average molecular weight is 354 g/mol. The lowest BCUT2D eigenvalue weighted by Gasteiger charge is -2.22. The fraction of sp³-hybridized carbons (Fsp3) is 0.455. The number of anilines is 1. The number of nitrogens with one attached hydrogen (secondary N) is 1. The Balaban J connectivity index is 2.00. The molecule has 1 amide bonds. The molecule has 4 heteroatoms. The van der Waals surface area contributed by atoms with Crippen molar-refractivity contribution >= 4 is 11.6 Å². The molecule has 0 radical (unpaired) electrons. The highest BCUT2D eigenvalue weighted by atomic mass is 16.2. The minimum atomic E-state index is 0.104. The molecule has 0 unspecified atom stereocenters. The Morgan fingerprint density at radius 1 is 1.04 bits per heavy atom. The Kier molecular flexibility index (Phi) is 7.19. The van der Waals surface area contributed by atoms with Crippen molar-refractivity contribution in [3.63, 3.8) is 0 Å². The Bertz CT molecular complexity index is 684. The molecule has 4 nitrogen and oxygen atoms in total. The number of nitrogens with zero attached hydrogens (tertiary/aromatic N) is 2. The van der Waals surface area contributed by atoms with Gasteiger partial charge in [0.05, 0.1) is 6.54 Å². The van der Waals surface area contributed by atoms with E-state index in [2.05, 4.69) is 56.2 Å². The van der Waals surface area contributed by atoms with Crippen molar-refractivity contribution in [1.29, 1.82) is 0 Å². The largest absolute Gasteiger partial charge is 0.376 e. The molecule has 0 bridgehead atoms. The molecule has 0 aliphatic carbocycles. The van der Waals surface area contributed by atoms with Crippen molar-refractivity contribution in [2.24, 2.45) is 0 Å². The second-order valence-corrected chi connectivity index (χ2v) is 7.40. The van der Waals surface area contributed by atoms with Crippen LogP contribution in [0.1, 0.15) is 56.2 Å². The second kappa shape index (κ2) is 9.37. The topological polar surface area (TPSA) is 45.2 Å². The van der Waals surface area contributed by atoms with E-state index in [1.807, 2.05) is 19.2 Å². The highest BCUT2D eigenvalue weighted by Gasteiger charge is 2.15. The zero-order chi connectivity index (χ0) is 19.1. The molecule has 0 saturated heterocycles. The van der Waals surface area contributed by atoms with Crippen LogP contribution in [0.2, 0.25) is 0 Å². The number of hydrogen-bond acceptors (Lipinski definition) is 3. The third kappa shape index (κ3) is 5.32. The molecule has 0 aliphatic rings. The molecule has 0 atom stereocenters. The van der Waals surface area contributed by atoms with Crippen molar-refractivity contribution in [2.45, 2.75) is 46.0 Å². The van der Waals surface area contributed by atoms with Crippen LogP contribution in [0.5, 0.6) is 0 Å². The van der Waals surface area contributed by atoms with Gasteiger partial charge in [0.2, 0.25) is 5.91 Å². The minimum Gasteiger partial charge on any atom is -0.376 e. The number of amides is 1. The zero-order valence-corrected chi connectivity index (χ0v) is 16.6. The first-order valence-electron chi connectivity index (χ1n) is 9.39. The third-order valence-electron chi connectivity index (χ3n) is 4.70. The summed E-state index contributed by atoms with van der Waals surface area (Å²) in [6.45, 7) is 9.77. The summed E-state index contributed by atoms with van der Waals surface area (Å²) in [5.74, 6) is 0.929. The van der Waals surface area contributed by atoms with E-state index in [0.29, 0.717) is 24.9 Å². The van der Waals surface area contributed by atoms with Gasteiger partial charge < -0.3 is 10.2 Å². The molecule has 1 aromatic carbocycles. The second-order valence-electron chi connectivity index (χ2n) is 7.40. The van der Waals surface area contributed by atoms with Gasteiger partial charge in [-0.05, 0) is 47.1 Å². The van der Waals surface area contributed by atoms with E-state index >= 15 is 0 Å². The van der Waals surface area contributed by atoms with Crippen molar-refractivity contribution < 1.29 is 4.79 Å². The predicted octanol–water partition coefficient (Wildman–Crippen LogP) is 4.44. The van der Waals surface area contributed by atoms with Crippen LogP contribution in [0.15, 0.2) is 42.7 Å². The fourth-order valence-electron chi connectivity index (χ4n) is 3.03. The van der Waals surface area contributed by atoms with Gasteiger partial charge in [-0.15, -0.1) is 0 Å². The van der Waals surface area contributed by atoms with Gasteiger partial charge in [-0.3, -0.25) is 9.78 Å². The van der Waals surface area contributed by atoms with Crippen molar-refractivity contribution in [1.82, 2.24) is 9.88 Å². The smallest absolute Gasteiger partial charge is 0.241 e. The van der Waals surface area contributed by atoms with E-state index in [1.54, 1.807) is 17.3 Å². The van der Waals surface area contributed by atoms with Crippen LogP contribution in [0.4, 0.5) is 5.69 Å². The Morgan fingerprint density at radius 2 is 1.62 bits per heavy atom. The van der Waals surface area contributed by atoms with E-state index in [1.165, 1.54) is 16.7 Å². The summed E-state index contributed by atoms with van der Waals surface area (Å²) in [4.78, 5) is 18.4. The average Bonchev–Trinajstić information content (AvgIpc) is 2.64. The Labute approximate surface area is 157 Å². The normalized spacial score (nSPS) is 11.0. The van der Waals surface area contributed by atoms with E-state index < -0.39 is 0 Å². The summed E-state index contributed by atoms with van der Waals surface area (Å²) >= 11 is 0. The number of pyridine rings is 1. The summed E-state index contributed by atoms with van der Waals surface area (Å²) in [7, 11) is 1.86. The molecule has 2 rings (SSSR count). The molecule has 1 N–H and O–H groups in total. The van der Waals surface area contributed by atoms with Gasteiger partial charge >= 0.3 is 0 Å². The first kappa shape index (κ1) is 20.0. The lowest BCUT2D eigenvalue weighted by atomic mass is 9.92. The Morgan fingerprint density at radius 3 is 2.15 bits per heavy atom. The van der Waals surface area contributed by atoms with Crippen molar-refractivity contribution in [3.05, 3.63) is 59.4 Å². The zero-order valence-electron chi connectivity index (χ0n) is 16.6. The van der Waals surface area contributed by atoms with Crippen molar-refractivity contribution in [3.8, 4) is 0 Å². The summed E-state index contributed by atoms with van der Waals surface area (Å²) in [5, 5.41) is 3.42. The molecule has 1 heterocycles. The summed E-state index contributed by atoms with van der Waals surface area (Å²) in [6, 6.07) is 10.4. The molecule has 0 saturated carbocycles. The molecule has 2 aromatic rings. The van der Waals surface area contributed by atoms with Crippen LogP contribution >= 0.6 is 0 Å². The molecule has 0 aliphatic heterocycles. The SMILES string of the molecule is CC(C)c1cccc(C(C)C)c1NCC(=O)N(C)CCc1ccncc1. The number of rotatable bonds is 8. The Hall–Kier alpha value is -2.36. The molecular weight excluding hydrogens is 322 g/mol. The number of benzene rings is 1. The number of carbonyl (C=O) groups is 1. The molecular formula is C22H31N3O. The number of hydrogen-bond donors (Lipinski definition) is 1. The maximum atomic E-state index is 12.6. The van der Waals surface area contributed by atoms with Crippen LogP contribution < -0.4 is 5.32 Å². The van der Waals surface area contributed by atoms with Gasteiger partial charge in [-0.1, -0.05) is 45.9 Å². The standard InChI is InChI=1S/C22H31N3O/c1-16(2)19-7-6-8-20(17(3)4)22(19)24-15-21(26)25(5)14-11-18-9-12-23-13-10-18/h6-10,12-13,16-17,24H,11,14-15H2,1-5H3. The summed E-state index contributed by atoms with van der Waals surface area (Å²) in [6.07, 6.45) is 4.41.